The second-order valence-electron chi connectivity index (χ2n) is 6.99. The molecule has 2 heterocycles. The zero-order valence-corrected chi connectivity index (χ0v) is 15.9. The molecule has 27 heavy (non-hydrogen) atoms. The van der Waals surface area contributed by atoms with Crippen LogP contribution in [0.1, 0.15) is 23.2 Å². The molecule has 2 aliphatic rings. The van der Waals surface area contributed by atoms with Gasteiger partial charge in [-0.2, -0.15) is 0 Å². The number of aromatic nitrogens is 2. The van der Waals surface area contributed by atoms with Gasteiger partial charge in [-0.05, 0) is 36.5 Å². The van der Waals surface area contributed by atoms with Crippen molar-refractivity contribution in [3.05, 3.63) is 52.3 Å². The second kappa shape index (κ2) is 8.23. The van der Waals surface area contributed by atoms with E-state index < -0.39 is 0 Å². The number of carbonyl (C=O) groups is 1. The highest BCUT2D eigenvalue weighted by Gasteiger charge is 2.27. The lowest BCUT2D eigenvalue weighted by Gasteiger charge is -2.28. The Kier molecular flexibility index (Phi) is 5.55. The predicted molar refractivity (Wildman–Crippen MR) is 104 cm³/mol. The Morgan fingerprint density at radius 2 is 2.11 bits per heavy atom. The van der Waals surface area contributed by atoms with Crippen LogP contribution in [0.15, 0.2) is 30.5 Å². The van der Waals surface area contributed by atoms with Gasteiger partial charge in [-0.1, -0.05) is 29.8 Å². The molecule has 1 aromatic heterocycles. The van der Waals surface area contributed by atoms with Crippen LogP contribution in [-0.2, 0) is 28.9 Å². The van der Waals surface area contributed by atoms with Gasteiger partial charge in [0.05, 0.1) is 13.2 Å². The zero-order valence-electron chi connectivity index (χ0n) is 15.2. The van der Waals surface area contributed by atoms with Crippen molar-refractivity contribution in [3.8, 4) is 0 Å². The van der Waals surface area contributed by atoms with E-state index in [9.17, 15) is 4.79 Å². The molecule has 1 N–H and O–H groups in total. The molecule has 1 aliphatic heterocycles. The van der Waals surface area contributed by atoms with Crippen molar-refractivity contribution in [2.45, 2.75) is 25.8 Å². The molecule has 1 atom stereocenters. The molecule has 6 nitrogen and oxygen atoms in total. The van der Waals surface area contributed by atoms with Gasteiger partial charge < -0.3 is 15.0 Å². The Labute approximate surface area is 163 Å². The Bertz CT molecular complexity index is 823. The van der Waals surface area contributed by atoms with Crippen LogP contribution in [-0.4, -0.2) is 42.2 Å². The predicted octanol–water partition coefficient (Wildman–Crippen LogP) is 2.39. The molecule has 4 rings (SSSR count). The SMILES string of the molecule is O=C(NCc1ccccc1Cl)C1CCc2nc(N3CCOCC3)ncc2C1. The van der Waals surface area contributed by atoms with Crippen LogP contribution in [0.25, 0.3) is 0 Å². The quantitative estimate of drug-likeness (QED) is 0.873. The van der Waals surface area contributed by atoms with Crippen LogP contribution in [0.4, 0.5) is 5.95 Å². The second-order valence-corrected chi connectivity index (χ2v) is 7.40. The number of hydrogen-bond acceptors (Lipinski definition) is 5. The highest BCUT2D eigenvalue weighted by Crippen LogP contribution is 2.26. The first kappa shape index (κ1) is 18.2. The smallest absolute Gasteiger partial charge is 0.225 e. The summed E-state index contributed by atoms with van der Waals surface area (Å²) in [6.45, 7) is 3.54. The van der Waals surface area contributed by atoms with Gasteiger partial charge in [-0.25, -0.2) is 9.97 Å². The summed E-state index contributed by atoms with van der Waals surface area (Å²) in [6, 6.07) is 7.58. The molecular weight excluding hydrogens is 364 g/mol. The van der Waals surface area contributed by atoms with E-state index in [1.807, 2.05) is 30.5 Å². The van der Waals surface area contributed by atoms with Crippen LogP contribution in [0, 0.1) is 5.92 Å². The van der Waals surface area contributed by atoms with E-state index in [1.165, 1.54) is 0 Å². The van der Waals surface area contributed by atoms with E-state index in [2.05, 4.69) is 15.2 Å². The first-order valence-electron chi connectivity index (χ1n) is 9.39. The van der Waals surface area contributed by atoms with Gasteiger partial charge >= 0.3 is 0 Å². The molecule has 0 saturated carbocycles. The van der Waals surface area contributed by atoms with Crippen molar-refractivity contribution in [1.82, 2.24) is 15.3 Å². The number of nitrogens with zero attached hydrogens (tertiary/aromatic N) is 3. The molecule has 1 aromatic carbocycles. The van der Waals surface area contributed by atoms with Crippen molar-refractivity contribution in [3.63, 3.8) is 0 Å². The molecule has 142 valence electrons. The van der Waals surface area contributed by atoms with Crippen molar-refractivity contribution in [2.24, 2.45) is 5.92 Å². The molecule has 1 amide bonds. The minimum atomic E-state index is -0.0437. The minimum Gasteiger partial charge on any atom is -0.378 e. The maximum absolute atomic E-state index is 12.6. The van der Waals surface area contributed by atoms with E-state index in [0.717, 1.165) is 48.7 Å². The van der Waals surface area contributed by atoms with Crippen LogP contribution >= 0.6 is 11.6 Å². The van der Waals surface area contributed by atoms with Gasteiger partial charge in [0.2, 0.25) is 11.9 Å². The summed E-state index contributed by atoms with van der Waals surface area (Å²) >= 11 is 6.16. The number of amides is 1. The standard InChI is InChI=1S/C20H23ClN4O2/c21-17-4-2-1-3-15(17)12-22-19(26)14-5-6-18-16(11-14)13-23-20(24-18)25-7-9-27-10-8-25/h1-4,13-14H,5-12H2,(H,22,26). The van der Waals surface area contributed by atoms with Crippen LogP contribution in [0.5, 0.6) is 0 Å². The average molecular weight is 387 g/mol. The lowest BCUT2D eigenvalue weighted by atomic mass is 9.86. The number of rotatable bonds is 4. The van der Waals surface area contributed by atoms with E-state index in [0.29, 0.717) is 31.2 Å². The number of carbonyl (C=O) groups excluding carboxylic acids is 1. The topological polar surface area (TPSA) is 67.4 Å². The number of benzene rings is 1. The number of aryl methyl sites for hydroxylation is 1. The van der Waals surface area contributed by atoms with Gasteiger partial charge in [0.15, 0.2) is 0 Å². The van der Waals surface area contributed by atoms with Gasteiger partial charge in [0.25, 0.3) is 0 Å². The third-order valence-electron chi connectivity index (χ3n) is 5.21. The Hall–Kier alpha value is -2.18. The summed E-state index contributed by atoms with van der Waals surface area (Å²) in [7, 11) is 0. The van der Waals surface area contributed by atoms with E-state index in [-0.39, 0.29) is 11.8 Å². The highest BCUT2D eigenvalue weighted by molar-refractivity contribution is 6.31. The molecule has 1 unspecified atom stereocenters. The summed E-state index contributed by atoms with van der Waals surface area (Å²) in [4.78, 5) is 24.0. The molecule has 2 aromatic rings. The van der Waals surface area contributed by atoms with Crippen molar-refractivity contribution >= 4 is 23.5 Å². The molecule has 1 fully saturated rings. The monoisotopic (exact) mass is 386 g/mol. The largest absolute Gasteiger partial charge is 0.378 e. The molecular formula is C20H23ClN4O2. The average Bonchev–Trinajstić information content (AvgIpc) is 2.73. The fourth-order valence-corrected chi connectivity index (χ4v) is 3.81. The number of ether oxygens (including phenoxy) is 1. The normalized spacial score (nSPS) is 19.4. The lowest BCUT2D eigenvalue weighted by molar-refractivity contribution is -0.125. The molecule has 7 heteroatoms. The first-order valence-corrected chi connectivity index (χ1v) is 9.77. The Morgan fingerprint density at radius 1 is 1.30 bits per heavy atom. The zero-order chi connectivity index (χ0) is 18.6. The number of nitrogens with one attached hydrogen (secondary N) is 1. The van der Waals surface area contributed by atoms with E-state index >= 15 is 0 Å². The fourth-order valence-electron chi connectivity index (χ4n) is 3.60. The first-order chi connectivity index (χ1) is 13.2. The summed E-state index contributed by atoms with van der Waals surface area (Å²) in [6.07, 6.45) is 4.19. The molecule has 0 radical (unpaired) electrons. The maximum atomic E-state index is 12.6. The molecule has 1 aliphatic carbocycles. The number of halogens is 1. The van der Waals surface area contributed by atoms with Gasteiger partial charge in [-0.3, -0.25) is 4.79 Å². The maximum Gasteiger partial charge on any atom is 0.225 e. The summed E-state index contributed by atoms with van der Waals surface area (Å²) in [5, 5.41) is 3.69. The summed E-state index contributed by atoms with van der Waals surface area (Å²) in [5.41, 5.74) is 3.08. The van der Waals surface area contributed by atoms with Gasteiger partial charge in [-0.15, -0.1) is 0 Å². The third kappa shape index (κ3) is 4.22. The molecule has 0 bridgehead atoms. The third-order valence-corrected chi connectivity index (χ3v) is 5.58. The summed E-state index contributed by atoms with van der Waals surface area (Å²) < 4.78 is 5.39. The van der Waals surface area contributed by atoms with Gasteiger partial charge in [0.1, 0.15) is 0 Å². The van der Waals surface area contributed by atoms with E-state index in [4.69, 9.17) is 21.3 Å². The fraction of sp³-hybridized carbons (Fsp3) is 0.450. The minimum absolute atomic E-state index is 0.0437. The van der Waals surface area contributed by atoms with Crippen LogP contribution in [0.3, 0.4) is 0 Å². The number of fused-ring (bicyclic) bond motifs is 1. The highest BCUT2D eigenvalue weighted by atomic mass is 35.5. The van der Waals surface area contributed by atoms with Crippen LogP contribution < -0.4 is 10.2 Å². The van der Waals surface area contributed by atoms with Crippen molar-refractivity contribution in [1.29, 1.82) is 0 Å². The Morgan fingerprint density at radius 3 is 2.93 bits per heavy atom. The van der Waals surface area contributed by atoms with E-state index in [1.54, 1.807) is 0 Å². The number of morpholine rings is 1. The van der Waals surface area contributed by atoms with Crippen molar-refractivity contribution < 1.29 is 9.53 Å². The number of anilines is 1. The molecule has 1 saturated heterocycles. The summed E-state index contributed by atoms with van der Waals surface area (Å²) in [5.74, 6) is 0.800. The van der Waals surface area contributed by atoms with Gasteiger partial charge in [0, 0.05) is 42.5 Å². The lowest BCUT2D eigenvalue weighted by Crippen LogP contribution is -2.38. The number of hydrogen-bond donors (Lipinski definition) is 1. The molecule has 0 spiro atoms. The van der Waals surface area contributed by atoms with Crippen LogP contribution in [0.2, 0.25) is 5.02 Å². The van der Waals surface area contributed by atoms with Crippen molar-refractivity contribution in [2.75, 3.05) is 31.2 Å². The Balaban J connectivity index is 1.37.